The largest absolute Gasteiger partial charge is 0.507 e. The van der Waals surface area contributed by atoms with Crippen molar-refractivity contribution in [2.75, 3.05) is 0 Å². The van der Waals surface area contributed by atoms with Crippen LogP contribution >= 0.6 is 23.2 Å². The Hall–Kier alpha value is -2.31. The molecule has 3 N–H and O–H groups in total. The second-order valence-corrected chi connectivity index (χ2v) is 4.68. The fourth-order valence-corrected chi connectivity index (χ4v) is 1.82. The maximum atomic E-state index is 11.8. The normalized spacial score (nSPS) is 10.0. The number of amides is 2. The third kappa shape index (κ3) is 3.62. The number of hydrazine groups is 1. The van der Waals surface area contributed by atoms with Crippen LogP contribution in [0.1, 0.15) is 20.8 Å². The molecule has 0 saturated carbocycles. The summed E-state index contributed by atoms with van der Waals surface area (Å²) in [5, 5.41) is 9.70. The average Bonchev–Trinajstić information content (AvgIpc) is 2.47. The first-order valence-electron chi connectivity index (χ1n) is 5.70. The van der Waals surface area contributed by atoms with Crippen LogP contribution in [-0.2, 0) is 0 Å². The van der Waals surface area contributed by atoms with Crippen LogP contribution in [0.25, 0.3) is 0 Å². The highest BCUT2D eigenvalue weighted by molar-refractivity contribution is 6.34. The van der Waals surface area contributed by atoms with Gasteiger partial charge in [0.15, 0.2) is 0 Å². The molecule has 0 unspecified atom stereocenters. The summed E-state index contributed by atoms with van der Waals surface area (Å²) in [4.78, 5) is 27.4. The lowest BCUT2D eigenvalue weighted by atomic mass is 10.2. The average molecular weight is 326 g/mol. The molecule has 0 radical (unpaired) electrons. The van der Waals surface area contributed by atoms with E-state index < -0.39 is 11.8 Å². The molecule has 6 nitrogen and oxygen atoms in total. The Morgan fingerprint density at radius 1 is 1.00 bits per heavy atom. The van der Waals surface area contributed by atoms with Crippen molar-refractivity contribution in [1.82, 2.24) is 15.8 Å². The molecule has 0 aliphatic carbocycles. The fourth-order valence-electron chi connectivity index (χ4n) is 1.48. The van der Waals surface area contributed by atoms with Crippen LogP contribution < -0.4 is 10.9 Å². The second kappa shape index (κ2) is 6.43. The van der Waals surface area contributed by atoms with Gasteiger partial charge in [0.25, 0.3) is 11.8 Å². The lowest BCUT2D eigenvalue weighted by Crippen LogP contribution is -2.42. The van der Waals surface area contributed by atoms with Gasteiger partial charge in [-0.05, 0) is 24.3 Å². The number of pyridine rings is 1. The van der Waals surface area contributed by atoms with Gasteiger partial charge in [-0.2, -0.15) is 0 Å². The summed E-state index contributed by atoms with van der Waals surface area (Å²) in [5.74, 6) is -1.62. The Labute approximate surface area is 129 Å². The molecule has 0 spiro atoms. The van der Waals surface area contributed by atoms with Gasteiger partial charge < -0.3 is 5.11 Å². The molecule has 0 saturated heterocycles. The van der Waals surface area contributed by atoms with Gasteiger partial charge in [-0.25, -0.2) is 4.98 Å². The number of phenolic OH excluding ortho intramolecular Hbond substituents is 1. The Balaban J connectivity index is 2.06. The summed E-state index contributed by atoms with van der Waals surface area (Å²) in [6, 6.07) is 8.75. The van der Waals surface area contributed by atoms with Crippen molar-refractivity contribution >= 4 is 35.0 Å². The highest BCUT2D eigenvalue weighted by Gasteiger charge is 2.15. The minimum Gasteiger partial charge on any atom is -0.507 e. The van der Waals surface area contributed by atoms with Crippen molar-refractivity contribution in [2.45, 2.75) is 0 Å². The Bertz CT molecular complexity index is 707. The summed E-state index contributed by atoms with van der Waals surface area (Å²) in [5.41, 5.74) is 4.18. The number of nitrogens with zero attached hydrogens (tertiary/aromatic N) is 1. The lowest BCUT2D eigenvalue weighted by Gasteiger charge is -2.08. The zero-order valence-corrected chi connectivity index (χ0v) is 11.9. The number of halogens is 2. The number of carbonyl (C=O) groups excluding carboxylic acids is 2. The second-order valence-electron chi connectivity index (χ2n) is 3.89. The molecule has 21 heavy (non-hydrogen) atoms. The van der Waals surface area contributed by atoms with E-state index in [4.69, 9.17) is 23.2 Å². The molecule has 1 aromatic carbocycles. The Morgan fingerprint density at radius 3 is 2.38 bits per heavy atom. The number of aromatic hydroxyl groups is 1. The van der Waals surface area contributed by atoms with Gasteiger partial charge >= 0.3 is 0 Å². The molecule has 0 atom stereocenters. The van der Waals surface area contributed by atoms with E-state index in [9.17, 15) is 14.7 Å². The topological polar surface area (TPSA) is 91.3 Å². The van der Waals surface area contributed by atoms with E-state index in [1.54, 1.807) is 12.1 Å². The summed E-state index contributed by atoms with van der Waals surface area (Å²) in [7, 11) is 0. The molecule has 0 bridgehead atoms. The van der Waals surface area contributed by atoms with Crippen LogP contribution in [0.2, 0.25) is 10.2 Å². The molecule has 1 heterocycles. The molecule has 108 valence electrons. The van der Waals surface area contributed by atoms with Crippen molar-refractivity contribution < 1.29 is 14.7 Å². The summed E-state index contributed by atoms with van der Waals surface area (Å²) in [6.45, 7) is 0. The van der Waals surface area contributed by atoms with E-state index >= 15 is 0 Å². The van der Waals surface area contributed by atoms with E-state index in [-0.39, 0.29) is 27.2 Å². The maximum absolute atomic E-state index is 11.8. The van der Waals surface area contributed by atoms with Gasteiger partial charge in [-0.1, -0.05) is 35.3 Å². The number of aromatic nitrogens is 1. The van der Waals surface area contributed by atoms with Gasteiger partial charge in [0.2, 0.25) is 0 Å². The fraction of sp³-hybridized carbons (Fsp3) is 0. The van der Waals surface area contributed by atoms with Crippen LogP contribution in [0.4, 0.5) is 0 Å². The Morgan fingerprint density at radius 2 is 1.67 bits per heavy atom. The number of benzene rings is 1. The minimum atomic E-state index is -0.730. The quantitative estimate of drug-likeness (QED) is 0.583. The van der Waals surface area contributed by atoms with E-state index in [1.165, 1.54) is 24.3 Å². The van der Waals surface area contributed by atoms with E-state index in [0.717, 1.165) is 0 Å². The molecular formula is C13H9Cl2N3O3. The zero-order valence-electron chi connectivity index (χ0n) is 10.4. The summed E-state index contributed by atoms with van der Waals surface area (Å²) >= 11 is 11.5. The first-order chi connectivity index (χ1) is 9.99. The maximum Gasteiger partial charge on any atom is 0.289 e. The minimum absolute atomic E-state index is 0.0166. The van der Waals surface area contributed by atoms with Crippen molar-refractivity contribution in [2.24, 2.45) is 0 Å². The van der Waals surface area contributed by atoms with E-state index in [0.29, 0.717) is 0 Å². The third-order valence-corrected chi connectivity index (χ3v) is 2.98. The van der Waals surface area contributed by atoms with Crippen molar-refractivity contribution in [3.63, 3.8) is 0 Å². The molecule has 1 aromatic heterocycles. The van der Waals surface area contributed by atoms with Gasteiger partial charge in [-0.15, -0.1) is 0 Å². The Kier molecular flexibility index (Phi) is 4.62. The van der Waals surface area contributed by atoms with Crippen LogP contribution in [0, 0.1) is 0 Å². The van der Waals surface area contributed by atoms with Crippen LogP contribution in [0.3, 0.4) is 0 Å². The van der Waals surface area contributed by atoms with Gasteiger partial charge in [-0.3, -0.25) is 20.4 Å². The number of nitrogens with one attached hydrogen (secondary N) is 2. The first kappa shape index (κ1) is 15.1. The van der Waals surface area contributed by atoms with Crippen LogP contribution in [0.5, 0.6) is 5.75 Å². The monoisotopic (exact) mass is 325 g/mol. The van der Waals surface area contributed by atoms with Crippen molar-refractivity contribution in [3.05, 3.63) is 57.8 Å². The molecule has 0 aliphatic heterocycles. The number of hydrogen-bond acceptors (Lipinski definition) is 4. The van der Waals surface area contributed by atoms with Crippen molar-refractivity contribution in [1.29, 1.82) is 0 Å². The van der Waals surface area contributed by atoms with Gasteiger partial charge in [0.05, 0.1) is 10.6 Å². The standard InChI is InChI=1S/C13H9Cl2N3O3/c14-8-5-6-10(15)16-11(8)13(21)18-17-12(20)7-3-1-2-4-9(7)19/h1-6,19H,(H,17,20)(H,18,21). The molecule has 2 amide bonds. The molecule has 0 aliphatic rings. The van der Waals surface area contributed by atoms with Gasteiger partial charge in [0, 0.05) is 0 Å². The van der Waals surface area contributed by atoms with E-state index in [1.807, 2.05) is 0 Å². The SMILES string of the molecule is O=C(NNC(=O)c1nc(Cl)ccc1Cl)c1ccccc1O. The summed E-state index contributed by atoms with van der Waals surface area (Å²) in [6.07, 6.45) is 0. The van der Waals surface area contributed by atoms with Crippen LogP contribution in [-0.4, -0.2) is 21.9 Å². The highest BCUT2D eigenvalue weighted by atomic mass is 35.5. The van der Waals surface area contributed by atoms with E-state index in [2.05, 4.69) is 15.8 Å². The number of para-hydroxylation sites is 1. The number of hydrogen-bond donors (Lipinski definition) is 3. The smallest absolute Gasteiger partial charge is 0.289 e. The highest BCUT2D eigenvalue weighted by Crippen LogP contribution is 2.17. The molecular weight excluding hydrogens is 317 g/mol. The number of phenols is 1. The molecule has 8 heteroatoms. The van der Waals surface area contributed by atoms with Gasteiger partial charge in [0.1, 0.15) is 16.6 Å². The molecule has 2 rings (SSSR count). The molecule has 0 fully saturated rings. The van der Waals surface area contributed by atoms with Crippen LogP contribution in [0.15, 0.2) is 36.4 Å². The third-order valence-electron chi connectivity index (χ3n) is 2.47. The predicted octanol–water partition coefficient (Wildman–Crippen LogP) is 2.17. The number of carbonyl (C=O) groups is 2. The zero-order chi connectivity index (χ0) is 15.4. The summed E-state index contributed by atoms with van der Waals surface area (Å²) < 4.78 is 0. The molecule has 2 aromatic rings. The first-order valence-corrected chi connectivity index (χ1v) is 6.45. The van der Waals surface area contributed by atoms with Crippen molar-refractivity contribution in [3.8, 4) is 5.75 Å². The lowest BCUT2D eigenvalue weighted by molar-refractivity contribution is 0.0842. The number of rotatable bonds is 2. The predicted molar refractivity (Wildman–Crippen MR) is 77.3 cm³/mol.